The molecule has 2 atom stereocenters. The number of carbonyl (C=O) groups excluding carboxylic acids is 1. The summed E-state index contributed by atoms with van der Waals surface area (Å²) in [5.74, 6) is -0.534. The number of carboxylic acids is 1. The predicted molar refractivity (Wildman–Crippen MR) is 77.6 cm³/mol. The Labute approximate surface area is 121 Å². The van der Waals surface area contributed by atoms with Gasteiger partial charge in [-0.3, -0.25) is 0 Å². The fourth-order valence-corrected chi connectivity index (χ4v) is 2.53. The van der Waals surface area contributed by atoms with Gasteiger partial charge in [0, 0.05) is 20.1 Å². The molecule has 0 radical (unpaired) electrons. The molecular formula is C14H27N3O3. The monoisotopic (exact) mass is 285 g/mol. The number of amides is 2. The van der Waals surface area contributed by atoms with Gasteiger partial charge in [0.2, 0.25) is 0 Å². The highest BCUT2D eigenvalue weighted by Gasteiger charge is 2.33. The number of hydrogen-bond donors (Lipinski definition) is 2. The molecule has 0 aromatic rings. The standard InChI is InChI=1S/C14H27N3O3/c1-14(2,3)11(12(18)19)15-13(20)17(5)9-10-6-7-16(4)8-10/h10-11H,6-9H2,1-5H3,(H,15,20)(H,18,19)/t10?,11-/m1/s1. The molecule has 1 aliphatic heterocycles. The van der Waals surface area contributed by atoms with Crippen LogP contribution >= 0.6 is 0 Å². The summed E-state index contributed by atoms with van der Waals surface area (Å²) in [6.07, 6.45) is 1.08. The Morgan fingerprint density at radius 3 is 2.45 bits per heavy atom. The second-order valence-electron chi connectivity index (χ2n) is 6.88. The lowest BCUT2D eigenvalue weighted by Gasteiger charge is -2.30. The van der Waals surface area contributed by atoms with E-state index < -0.39 is 17.4 Å². The number of carboxylic acid groups (broad SMARTS) is 1. The van der Waals surface area contributed by atoms with Crippen molar-refractivity contribution >= 4 is 12.0 Å². The van der Waals surface area contributed by atoms with Crippen LogP contribution in [0.25, 0.3) is 0 Å². The van der Waals surface area contributed by atoms with E-state index in [0.717, 1.165) is 19.5 Å². The summed E-state index contributed by atoms with van der Waals surface area (Å²) in [7, 11) is 3.79. The summed E-state index contributed by atoms with van der Waals surface area (Å²) in [6, 6.07) is -1.20. The summed E-state index contributed by atoms with van der Waals surface area (Å²) in [6.45, 7) is 8.11. The van der Waals surface area contributed by atoms with Crippen LogP contribution in [0.1, 0.15) is 27.2 Å². The van der Waals surface area contributed by atoms with Crippen molar-refractivity contribution in [1.82, 2.24) is 15.1 Å². The first-order valence-corrected chi connectivity index (χ1v) is 7.04. The summed E-state index contributed by atoms with van der Waals surface area (Å²) in [4.78, 5) is 27.2. The number of nitrogens with one attached hydrogen (secondary N) is 1. The Bertz CT molecular complexity index is 365. The highest BCUT2D eigenvalue weighted by Crippen LogP contribution is 2.20. The lowest BCUT2D eigenvalue weighted by molar-refractivity contribution is -0.142. The molecule has 0 aliphatic carbocycles. The number of rotatable bonds is 4. The van der Waals surface area contributed by atoms with Gasteiger partial charge < -0.3 is 20.2 Å². The molecule has 116 valence electrons. The molecule has 0 bridgehead atoms. The van der Waals surface area contributed by atoms with E-state index >= 15 is 0 Å². The maximum atomic E-state index is 12.1. The SMILES string of the molecule is CN1CCC(CN(C)C(=O)N[C@H](C(=O)O)C(C)(C)C)C1. The first kappa shape index (κ1) is 16.8. The maximum Gasteiger partial charge on any atom is 0.326 e. The molecule has 1 saturated heterocycles. The second kappa shape index (κ2) is 6.43. The molecule has 2 N–H and O–H groups in total. The molecule has 1 unspecified atom stereocenters. The quantitative estimate of drug-likeness (QED) is 0.810. The third-order valence-electron chi connectivity index (χ3n) is 3.75. The van der Waals surface area contributed by atoms with Gasteiger partial charge in [0.15, 0.2) is 0 Å². The zero-order valence-corrected chi connectivity index (χ0v) is 13.1. The van der Waals surface area contributed by atoms with Crippen LogP contribution in [0.2, 0.25) is 0 Å². The molecule has 6 heteroatoms. The average molecular weight is 285 g/mol. The van der Waals surface area contributed by atoms with Crippen LogP contribution in [-0.4, -0.2) is 66.7 Å². The van der Waals surface area contributed by atoms with Crippen molar-refractivity contribution in [2.45, 2.75) is 33.2 Å². The van der Waals surface area contributed by atoms with Crippen LogP contribution in [0.3, 0.4) is 0 Å². The summed E-state index contributed by atoms with van der Waals surface area (Å²) in [5, 5.41) is 11.8. The third kappa shape index (κ3) is 4.67. The molecule has 0 aromatic carbocycles. The van der Waals surface area contributed by atoms with Crippen molar-refractivity contribution in [2.24, 2.45) is 11.3 Å². The summed E-state index contributed by atoms with van der Waals surface area (Å²) < 4.78 is 0. The van der Waals surface area contributed by atoms with Crippen LogP contribution in [0, 0.1) is 11.3 Å². The smallest absolute Gasteiger partial charge is 0.326 e. The van der Waals surface area contributed by atoms with Gasteiger partial charge >= 0.3 is 12.0 Å². The first-order chi connectivity index (χ1) is 9.11. The van der Waals surface area contributed by atoms with E-state index in [1.807, 2.05) is 0 Å². The Hall–Kier alpha value is -1.30. The summed E-state index contributed by atoms with van der Waals surface area (Å²) in [5.41, 5.74) is -0.518. The number of urea groups is 1. The van der Waals surface area contributed by atoms with Gasteiger partial charge in [-0.15, -0.1) is 0 Å². The lowest BCUT2D eigenvalue weighted by Crippen LogP contribution is -2.53. The van der Waals surface area contributed by atoms with E-state index in [0.29, 0.717) is 12.5 Å². The van der Waals surface area contributed by atoms with E-state index in [2.05, 4.69) is 17.3 Å². The number of likely N-dealkylation sites (tertiary alicyclic amines) is 1. The van der Waals surface area contributed by atoms with Crippen LogP contribution in [0.5, 0.6) is 0 Å². The summed E-state index contributed by atoms with van der Waals surface area (Å²) >= 11 is 0. The van der Waals surface area contributed by atoms with Crippen molar-refractivity contribution in [3.8, 4) is 0 Å². The molecular weight excluding hydrogens is 258 g/mol. The van der Waals surface area contributed by atoms with Crippen molar-refractivity contribution < 1.29 is 14.7 Å². The lowest BCUT2D eigenvalue weighted by atomic mass is 9.87. The van der Waals surface area contributed by atoms with Gasteiger partial charge in [-0.1, -0.05) is 20.8 Å². The molecule has 0 spiro atoms. The normalized spacial score (nSPS) is 21.6. The van der Waals surface area contributed by atoms with Gasteiger partial charge in [0.1, 0.15) is 6.04 Å². The molecule has 1 aliphatic rings. The zero-order chi connectivity index (χ0) is 15.5. The van der Waals surface area contributed by atoms with Crippen LogP contribution in [0.4, 0.5) is 4.79 Å². The Balaban J connectivity index is 2.54. The van der Waals surface area contributed by atoms with Crippen LogP contribution in [0.15, 0.2) is 0 Å². The van der Waals surface area contributed by atoms with Gasteiger partial charge in [-0.2, -0.15) is 0 Å². The van der Waals surface area contributed by atoms with E-state index in [4.69, 9.17) is 0 Å². The Morgan fingerprint density at radius 1 is 1.45 bits per heavy atom. The molecule has 6 nitrogen and oxygen atoms in total. The first-order valence-electron chi connectivity index (χ1n) is 7.04. The minimum atomic E-state index is -1.00. The van der Waals surface area contributed by atoms with Gasteiger partial charge in [0.25, 0.3) is 0 Å². The van der Waals surface area contributed by atoms with E-state index in [-0.39, 0.29) is 6.03 Å². The van der Waals surface area contributed by atoms with Crippen molar-refractivity contribution in [2.75, 3.05) is 33.7 Å². The average Bonchev–Trinajstić information content (AvgIpc) is 2.69. The van der Waals surface area contributed by atoms with Gasteiger partial charge in [-0.25, -0.2) is 9.59 Å². The molecule has 1 heterocycles. The zero-order valence-electron chi connectivity index (χ0n) is 13.1. The molecule has 20 heavy (non-hydrogen) atoms. The molecule has 1 fully saturated rings. The van der Waals surface area contributed by atoms with Crippen LogP contribution < -0.4 is 5.32 Å². The molecule has 0 saturated carbocycles. The van der Waals surface area contributed by atoms with E-state index in [1.165, 1.54) is 0 Å². The number of aliphatic carboxylic acids is 1. The van der Waals surface area contributed by atoms with E-state index in [9.17, 15) is 14.7 Å². The molecule has 1 rings (SSSR count). The highest BCUT2D eigenvalue weighted by molar-refractivity contribution is 5.83. The topological polar surface area (TPSA) is 72.9 Å². The fourth-order valence-electron chi connectivity index (χ4n) is 2.53. The second-order valence-corrected chi connectivity index (χ2v) is 6.88. The third-order valence-corrected chi connectivity index (χ3v) is 3.75. The van der Waals surface area contributed by atoms with E-state index in [1.54, 1.807) is 32.7 Å². The van der Waals surface area contributed by atoms with Crippen molar-refractivity contribution in [1.29, 1.82) is 0 Å². The minimum absolute atomic E-state index is 0.318. The fraction of sp³-hybridized carbons (Fsp3) is 0.857. The van der Waals surface area contributed by atoms with Gasteiger partial charge in [-0.05, 0) is 31.3 Å². The molecule has 2 amide bonds. The Kier molecular flexibility index (Phi) is 5.39. The molecule has 0 aromatic heterocycles. The number of carbonyl (C=O) groups is 2. The maximum absolute atomic E-state index is 12.1. The minimum Gasteiger partial charge on any atom is -0.480 e. The van der Waals surface area contributed by atoms with Crippen molar-refractivity contribution in [3.05, 3.63) is 0 Å². The number of hydrogen-bond acceptors (Lipinski definition) is 3. The van der Waals surface area contributed by atoms with Crippen molar-refractivity contribution in [3.63, 3.8) is 0 Å². The Morgan fingerprint density at radius 2 is 2.05 bits per heavy atom. The van der Waals surface area contributed by atoms with Crippen LogP contribution in [-0.2, 0) is 4.79 Å². The number of nitrogens with zero attached hydrogens (tertiary/aromatic N) is 2. The van der Waals surface area contributed by atoms with Gasteiger partial charge in [0.05, 0.1) is 0 Å². The predicted octanol–water partition coefficient (Wildman–Crippen LogP) is 1.08. The largest absolute Gasteiger partial charge is 0.480 e. The highest BCUT2D eigenvalue weighted by atomic mass is 16.4.